The second-order valence-corrected chi connectivity index (χ2v) is 5.77. The van der Waals surface area contributed by atoms with E-state index in [-0.39, 0.29) is 6.04 Å². The summed E-state index contributed by atoms with van der Waals surface area (Å²) >= 11 is 5.42. The summed E-state index contributed by atoms with van der Waals surface area (Å²) in [4.78, 5) is 0. The van der Waals surface area contributed by atoms with E-state index in [0.29, 0.717) is 5.11 Å². The number of rotatable bonds is 4. The van der Waals surface area contributed by atoms with Crippen molar-refractivity contribution in [1.29, 1.82) is 0 Å². The molecule has 22 heavy (non-hydrogen) atoms. The average molecular weight is 312 g/mol. The number of hydrogen-bond acceptors (Lipinski definition) is 2. The van der Waals surface area contributed by atoms with Gasteiger partial charge in [-0.15, -0.1) is 0 Å². The van der Waals surface area contributed by atoms with Crippen LogP contribution in [-0.2, 0) is 6.42 Å². The third kappa shape index (κ3) is 3.77. The summed E-state index contributed by atoms with van der Waals surface area (Å²) < 4.78 is 5.67. The molecule has 2 N–H and O–H groups in total. The maximum absolute atomic E-state index is 5.67. The van der Waals surface area contributed by atoms with E-state index in [1.807, 2.05) is 24.3 Å². The molecule has 1 atom stereocenters. The van der Waals surface area contributed by atoms with Crippen molar-refractivity contribution in [3.8, 4) is 5.75 Å². The summed E-state index contributed by atoms with van der Waals surface area (Å²) in [5.41, 5.74) is 2.50. The highest BCUT2D eigenvalue weighted by Crippen LogP contribution is 2.31. The Morgan fingerprint density at radius 3 is 2.73 bits per heavy atom. The van der Waals surface area contributed by atoms with E-state index >= 15 is 0 Å². The highest BCUT2D eigenvalue weighted by Gasteiger charge is 2.21. The molecule has 0 radical (unpaired) electrons. The Morgan fingerprint density at radius 1 is 1.09 bits per heavy atom. The van der Waals surface area contributed by atoms with E-state index in [4.69, 9.17) is 17.0 Å². The fourth-order valence-corrected chi connectivity index (χ4v) is 2.91. The molecule has 0 amide bonds. The van der Waals surface area contributed by atoms with Crippen molar-refractivity contribution in [2.24, 2.45) is 0 Å². The minimum absolute atomic E-state index is 0.224. The standard InChI is InChI=1S/C18H20N2OS/c22-18(19-12-10-14-6-2-1-3-7-14)20-16-11-13-21-17-9-5-4-8-15(16)17/h1-9,16H,10-13H2,(H2,19,20,22)/t16-/m1/s1. The molecule has 0 aliphatic carbocycles. The van der Waals surface area contributed by atoms with Crippen LogP contribution in [0.4, 0.5) is 0 Å². The van der Waals surface area contributed by atoms with Crippen molar-refractivity contribution in [2.45, 2.75) is 18.9 Å². The van der Waals surface area contributed by atoms with Gasteiger partial charge in [0.15, 0.2) is 5.11 Å². The zero-order valence-electron chi connectivity index (χ0n) is 12.4. The first-order valence-electron chi connectivity index (χ1n) is 7.63. The fourth-order valence-electron chi connectivity index (χ4n) is 2.67. The molecule has 0 bridgehead atoms. The zero-order valence-corrected chi connectivity index (χ0v) is 13.2. The van der Waals surface area contributed by atoms with Crippen LogP contribution in [0.3, 0.4) is 0 Å². The normalized spacial score (nSPS) is 16.3. The molecule has 2 aromatic carbocycles. The van der Waals surface area contributed by atoms with Gasteiger partial charge < -0.3 is 15.4 Å². The van der Waals surface area contributed by atoms with Crippen LogP contribution >= 0.6 is 12.2 Å². The van der Waals surface area contributed by atoms with Gasteiger partial charge >= 0.3 is 0 Å². The summed E-state index contributed by atoms with van der Waals surface area (Å²) in [6, 6.07) is 18.8. The number of hydrogen-bond donors (Lipinski definition) is 2. The number of benzene rings is 2. The van der Waals surface area contributed by atoms with Crippen LogP contribution in [-0.4, -0.2) is 18.3 Å². The van der Waals surface area contributed by atoms with Crippen LogP contribution in [0, 0.1) is 0 Å². The molecule has 3 nitrogen and oxygen atoms in total. The van der Waals surface area contributed by atoms with Crippen molar-refractivity contribution < 1.29 is 4.74 Å². The van der Waals surface area contributed by atoms with E-state index in [0.717, 1.165) is 31.7 Å². The topological polar surface area (TPSA) is 33.3 Å². The van der Waals surface area contributed by atoms with Crippen molar-refractivity contribution in [1.82, 2.24) is 10.6 Å². The number of fused-ring (bicyclic) bond motifs is 1. The van der Waals surface area contributed by atoms with E-state index in [9.17, 15) is 0 Å². The highest BCUT2D eigenvalue weighted by molar-refractivity contribution is 7.80. The summed E-state index contributed by atoms with van der Waals surface area (Å²) in [5.74, 6) is 0.957. The fraction of sp³-hybridized carbons (Fsp3) is 0.278. The van der Waals surface area contributed by atoms with Crippen LogP contribution in [0.15, 0.2) is 54.6 Å². The van der Waals surface area contributed by atoms with E-state index in [1.165, 1.54) is 11.1 Å². The third-order valence-corrected chi connectivity index (χ3v) is 4.07. The van der Waals surface area contributed by atoms with Gasteiger partial charge in [-0.25, -0.2) is 0 Å². The summed E-state index contributed by atoms with van der Waals surface area (Å²) in [7, 11) is 0. The maximum atomic E-state index is 5.67. The minimum Gasteiger partial charge on any atom is -0.493 e. The number of para-hydroxylation sites is 1. The van der Waals surface area contributed by atoms with E-state index in [2.05, 4.69) is 41.0 Å². The Morgan fingerprint density at radius 2 is 1.86 bits per heavy atom. The van der Waals surface area contributed by atoms with Crippen LogP contribution in [0.5, 0.6) is 5.75 Å². The number of ether oxygens (including phenoxy) is 1. The maximum Gasteiger partial charge on any atom is 0.166 e. The van der Waals surface area contributed by atoms with Gasteiger partial charge in [0, 0.05) is 18.5 Å². The van der Waals surface area contributed by atoms with Crippen molar-refractivity contribution in [3.05, 3.63) is 65.7 Å². The lowest BCUT2D eigenvalue weighted by molar-refractivity contribution is 0.262. The first kappa shape index (κ1) is 14.9. The molecule has 3 rings (SSSR count). The quantitative estimate of drug-likeness (QED) is 0.849. The van der Waals surface area contributed by atoms with E-state index < -0.39 is 0 Å². The number of thiocarbonyl (C=S) groups is 1. The van der Waals surface area contributed by atoms with Crippen molar-refractivity contribution in [3.63, 3.8) is 0 Å². The van der Waals surface area contributed by atoms with Crippen LogP contribution in [0.2, 0.25) is 0 Å². The molecule has 1 aliphatic heterocycles. The molecule has 1 heterocycles. The summed E-state index contributed by atoms with van der Waals surface area (Å²) in [5, 5.41) is 7.40. The molecule has 2 aromatic rings. The lowest BCUT2D eigenvalue weighted by atomic mass is 10.0. The lowest BCUT2D eigenvalue weighted by Crippen LogP contribution is -2.40. The lowest BCUT2D eigenvalue weighted by Gasteiger charge is -2.27. The molecule has 0 saturated heterocycles. The number of nitrogens with one attached hydrogen (secondary N) is 2. The summed E-state index contributed by atoms with van der Waals surface area (Å²) in [6.07, 6.45) is 1.89. The first-order valence-corrected chi connectivity index (χ1v) is 8.04. The van der Waals surface area contributed by atoms with Crippen molar-refractivity contribution in [2.75, 3.05) is 13.2 Å². The second kappa shape index (κ2) is 7.27. The molecule has 4 heteroatoms. The first-order chi connectivity index (χ1) is 10.8. The van der Waals surface area contributed by atoms with Gasteiger partial charge in [-0.1, -0.05) is 48.5 Å². The van der Waals surface area contributed by atoms with Crippen LogP contribution in [0.1, 0.15) is 23.6 Å². The van der Waals surface area contributed by atoms with Gasteiger partial charge in [0.1, 0.15) is 5.75 Å². The Kier molecular flexibility index (Phi) is 4.91. The second-order valence-electron chi connectivity index (χ2n) is 5.36. The zero-order chi connectivity index (χ0) is 15.2. The average Bonchev–Trinajstić information content (AvgIpc) is 2.56. The molecule has 114 valence electrons. The SMILES string of the molecule is S=C(NCCc1ccccc1)N[C@@H]1CCOc2ccccc21. The van der Waals surface area contributed by atoms with Crippen LogP contribution < -0.4 is 15.4 Å². The minimum atomic E-state index is 0.224. The molecule has 1 aliphatic rings. The summed E-state index contributed by atoms with van der Waals surface area (Å²) in [6.45, 7) is 1.56. The predicted molar refractivity (Wildman–Crippen MR) is 93.2 cm³/mol. The van der Waals surface area contributed by atoms with Crippen LogP contribution in [0.25, 0.3) is 0 Å². The molecule has 0 aromatic heterocycles. The van der Waals surface area contributed by atoms with Gasteiger partial charge in [-0.2, -0.15) is 0 Å². The Bertz CT molecular complexity index is 630. The van der Waals surface area contributed by atoms with Crippen molar-refractivity contribution >= 4 is 17.3 Å². The largest absolute Gasteiger partial charge is 0.493 e. The van der Waals surface area contributed by atoms with Gasteiger partial charge in [0.25, 0.3) is 0 Å². The smallest absolute Gasteiger partial charge is 0.166 e. The molecule has 0 fully saturated rings. The van der Waals surface area contributed by atoms with Gasteiger partial charge in [0.2, 0.25) is 0 Å². The monoisotopic (exact) mass is 312 g/mol. The molecule has 0 spiro atoms. The Hall–Kier alpha value is -2.07. The van der Waals surface area contributed by atoms with Gasteiger partial charge in [0.05, 0.1) is 12.6 Å². The van der Waals surface area contributed by atoms with Gasteiger partial charge in [-0.3, -0.25) is 0 Å². The van der Waals surface area contributed by atoms with Gasteiger partial charge in [-0.05, 0) is 30.3 Å². The molecular formula is C18H20N2OS. The van der Waals surface area contributed by atoms with E-state index in [1.54, 1.807) is 0 Å². The third-order valence-electron chi connectivity index (χ3n) is 3.81. The molecule has 0 saturated carbocycles. The Labute approximate surface area is 136 Å². The predicted octanol–water partition coefficient (Wildman–Crippen LogP) is 3.22. The molecular weight excluding hydrogens is 292 g/mol. The Balaban J connectivity index is 1.50. The highest BCUT2D eigenvalue weighted by atomic mass is 32.1. The molecule has 0 unspecified atom stereocenters.